The molecule has 0 aliphatic rings. The minimum atomic E-state index is -4.78. The van der Waals surface area contributed by atoms with E-state index >= 15 is 0 Å². The van der Waals surface area contributed by atoms with Crippen molar-refractivity contribution in [2.24, 2.45) is 16.5 Å². The second-order valence-electron chi connectivity index (χ2n) is 2.96. The van der Waals surface area contributed by atoms with Crippen LogP contribution >= 0.6 is 0 Å². The largest absolute Gasteiger partial charge is 0.418 e. The van der Waals surface area contributed by atoms with Gasteiger partial charge in [-0.05, 0) is 6.07 Å². The predicted octanol–water partition coefficient (Wildman–Crippen LogP) is 1.52. The van der Waals surface area contributed by atoms with Gasteiger partial charge in [0.2, 0.25) is 0 Å². The van der Waals surface area contributed by atoms with E-state index in [4.69, 9.17) is 11.5 Å². The summed E-state index contributed by atoms with van der Waals surface area (Å²) in [5.41, 5.74) is 6.91. The summed E-state index contributed by atoms with van der Waals surface area (Å²) in [6.45, 7) is 0. The van der Waals surface area contributed by atoms with Gasteiger partial charge in [0.1, 0.15) is 0 Å². The molecule has 0 unspecified atom stereocenters. The summed E-state index contributed by atoms with van der Waals surface area (Å²) < 4.78 is 37.7. The third-order valence-electron chi connectivity index (χ3n) is 1.76. The van der Waals surface area contributed by atoms with E-state index < -0.39 is 34.0 Å². The van der Waals surface area contributed by atoms with E-state index in [1.165, 1.54) is 0 Å². The van der Waals surface area contributed by atoms with Gasteiger partial charge < -0.3 is 11.5 Å². The summed E-state index contributed by atoms with van der Waals surface area (Å²) >= 11 is 0. The summed E-state index contributed by atoms with van der Waals surface area (Å²) in [6, 6.07) is 2.46. The Bertz CT molecular complexity index is 480. The number of aliphatic imine (C=N–C) groups is 1. The van der Waals surface area contributed by atoms with Crippen LogP contribution in [0.4, 0.5) is 24.5 Å². The van der Waals surface area contributed by atoms with Crippen LogP contribution < -0.4 is 11.5 Å². The fourth-order valence-corrected chi connectivity index (χ4v) is 1.15. The van der Waals surface area contributed by atoms with Gasteiger partial charge in [0.15, 0.2) is 11.6 Å². The number of hydrogen-bond donors (Lipinski definition) is 2. The quantitative estimate of drug-likeness (QED) is 0.358. The molecule has 1 rings (SSSR count). The molecule has 4 N–H and O–H groups in total. The van der Waals surface area contributed by atoms with Gasteiger partial charge >= 0.3 is 6.18 Å². The first-order chi connectivity index (χ1) is 7.73. The number of halogens is 3. The third kappa shape index (κ3) is 2.83. The zero-order chi connectivity index (χ0) is 13.2. The van der Waals surface area contributed by atoms with Gasteiger partial charge in [-0.2, -0.15) is 13.2 Å². The summed E-state index contributed by atoms with van der Waals surface area (Å²) in [5.74, 6) is -0.690. The number of nitrogens with zero attached hydrogens (tertiary/aromatic N) is 2. The first kappa shape index (κ1) is 12.7. The van der Waals surface area contributed by atoms with E-state index in [1.54, 1.807) is 0 Å². The van der Waals surface area contributed by atoms with Crippen LogP contribution in [-0.4, -0.2) is 10.9 Å². The molecule has 92 valence electrons. The first-order valence-corrected chi connectivity index (χ1v) is 4.17. The Morgan fingerprint density at radius 3 is 2.35 bits per heavy atom. The zero-order valence-corrected chi connectivity index (χ0v) is 8.23. The molecule has 0 spiro atoms. The summed E-state index contributed by atoms with van der Waals surface area (Å²) in [7, 11) is 0. The average Bonchev–Trinajstić information content (AvgIpc) is 2.14. The molecule has 0 saturated carbocycles. The Labute approximate surface area is 92.9 Å². The maximum atomic E-state index is 12.6. The molecule has 9 heteroatoms. The molecular weight excluding hydrogens is 241 g/mol. The van der Waals surface area contributed by atoms with Crippen LogP contribution in [0.25, 0.3) is 0 Å². The maximum absolute atomic E-state index is 12.6. The molecule has 17 heavy (non-hydrogen) atoms. The predicted molar refractivity (Wildman–Crippen MR) is 53.6 cm³/mol. The number of nitro benzene ring substituents is 1. The van der Waals surface area contributed by atoms with Crippen molar-refractivity contribution < 1.29 is 18.1 Å². The Morgan fingerprint density at radius 1 is 1.35 bits per heavy atom. The third-order valence-corrected chi connectivity index (χ3v) is 1.76. The second-order valence-corrected chi connectivity index (χ2v) is 2.96. The van der Waals surface area contributed by atoms with Crippen molar-refractivity contribution in [3.05, 3.63) is 33.9 Å². The summed E-state index contributed by atoms with van der Waals surface area (Å²) in [5, 5.41) is 10.6. The van der Waals surface area contributed by atoms with Gasteiger partial charge in [0.05, 0.1) is 10.5 Å². The molecule has 0 heterocycles. The van der Waals surface area contributed by atoms with Gasteiger partial charge in [-0.15, -0.1) is 0 Å². The molecule has 0 atom stereocenters. The number of hydrogen-bond acceptors (Lipinski definition) is 3. The number of benzene rings is 1. The molecule has 0 aliphatic heterocycles. The Balaban J connectivity index is 3.57. The molecule has 0 bridgehead atoms. The van der Waals surface area contributed by atoms with Crippen LogP contribution in [0, 0.1) is 10.1 Å². The van der Waals surface area contributed by atoms with Crippen LogP contribution in [0.3, 0.4) is 0 Å². The number of rotatable bonds is 2. The number of alkyl halides is 3. The highest BCUT2D eigenvalue weighted by Gasteiger charge is 2.36. The van der Waals surface area contributed by atoms with Crippen LogP contribution in [0.15, 0.2) is 23.2 Å². The van der Waals surface area contributed by atoms with Crippen molar-refractivity contribution in [2.75, 3.05) is 0 Å². The average molecular weight is 248 g/mol. The SMILES string of the molecule is NC(N)=Nc1c([N+](=O)[O-])cccc1C(F)(F)F. The zero-order valence-electron chi connectivity index (χ0n) is 8.23. The lowest BCUT2D eigenvalue weighted by Gasteiger charge is -2.09. The highest BCUT2D eigenvalue weighted by Crippen LogP contribution is 2.41. The lowest BCUT2D eigenvalue weighted by Crippen LogP contribution is -2.22. The Hall–Kier alpha value is -2.32. The topological polar surface area (TPSA) is 108 Å². The van der Waals surface area contributed by atoms with Crippen LogP contribution in [0.2, 0.25) is 0 Å². The molecule has 1 aromatic carbocycles. The normalized spacial score (nSPS) is 11.0. The van der Waals surface area contributed by atoms with Crippen molar-refractivity contribution in [3.8, 4) is 0 Å². The Morgan fingerprint density at radius 2 is 1.94 bits per heavy atom. The lowest BCUT2D eigenvalue weighted by atomic mass is 10.1. The van der Waals surface area contributed by atoms with Crippen molar-refractivity contribution in [1.82, 2.24) is 0 Å². The maximum Gasteiger partial charge on any atom is 0.418 e. The lowest BCUT2D eigenvalue weighted by molar-refractivity contribution is -0.384. The van der Waals surface area contributed by atoms with Crippen molar-refractivity contribution in [2.45, 2.75) is 6.18 Å². The number of guanidine groups is 1. The number of nitrogens with two attached hydrogens (primary N) is 2. The summed E-state index contributed by atoms with van der Waals surface area (Å²) in [6.07, 6.45) is -4.78. The van der Waals surface area contributed by atoms with E-state index in [-0.39, 0.29) is 0 Å². The van der Waals surface area contributed by atoms with Gasteiger partial charge in [0.25, 0.3) is 5.69 Å². The van der Waals surface area contributed by atoms with Gasteiger partial charge in [-0.3, -0.25) is 10.1 Å². The van der Waals surface area contributed by atoms with Gasteiger partial charge in [-0.1, -0.05) is 6.07 Å². The van der Waals surface area contributed by atoms with Crippen molar-refractivity contribution in [3.63, 3.8) is 0 Å². The molecule has 6 nitrogen and oxygen atoms in total. The summed E-state index contributed by atoms with van der Waals surface area (Å²) in [4.78, 5) is 12.7. The molecule has 0 radical (unpaired) electrons. The van der Waals surface area contributed by atoms with Crippen molar-refractivity contribution in [1.29, 1.82) is 0 Å². The molecule has 0 saturated heterocycles. The molecule has 0 aliphatic carbocycles. The van der Waals surface area contributed by atoms with E-state index in [2.05, 4.69) is 4.99 Å². The fourth-order valence-electron chi connectivity index (χ4n) is 1.15. The van der Waals surface area contributed by atoms with Crippen molar-refractivity contribution >= 4 is 17.3 Å². The molecule has 0 fully saturated rings. The van der Waals surface area contributed by atoms with E-state index in [9.17, 15) is 23.3 Å². The van der Waals surface area contributed by atoms with Gasteiger partial charge in [0, 0.05) is 6.07 Å². The van der Waals surface area contributed by atoms with Gasteiger partial charge in [-0.25, -0.2) is 4.99 Å². The molecule has 1 aromatic rings. The number of nitro groups is 1. The molecular formula is C8H7F3N4O2. The fraction of sp³-hybridized carbons (Fsp3) is 0.125. The highest BCUT2D eigenvalue weighted by atomic mass is 19.4. The van der Waals surface area contributed by atoms with E-state index in [0.717, 1.165) is 12.1 Å². The second kappa shape index (κ2) is 4.28. The number of para-hydroxylation sites is 1. The van der Waals surface area contributed by atoms with E-state index in [0.29, 0.717) is 6.07 Å². The first-order valence-electron chi connectivity index (χ1n) is 4.17. The minimum Gasteiger partial charge on any atom is -0.370 e. The Kier molecular flexibility index (Phi) is 3.21. The smallest absolute Gasteiger partial charge is 0.370 e. The van der Waals surface area contributed by atoms with Crippen LogP contribution in [-0.2, 0) is 6.18 Å². The van der Waals surface area contributed by atoms with E-state index in [1.807, 2.05) is 0 Å². The monoisotopic (exact) mass is 248 g/mol. The standard InChI is InChI=1S/C8H7F3N4O2/c9-8(10,11)4-2-1-3-5(15(16)17)6(4)14-7(12)13/h1-3H,(H4,12,13,14). The minimum absolute atomic E-state index is 0.661. The van der Waals surface area contributed by atoms with Crippen LogP contribution in [0.1, 0.15) is 5.56 Å². The highest BCUT2D eigenvalue weighted by molar-refractivity contribution is 5.82. The van der Waals surface area contributed by atoms with Crippen LogP contribution in [0.5, 0.6) is 0 Å². The molecule has 0 aromatic heterocycles. The molecule has 0 amide bonds.